The molecule has 0 spiro atoms. The van der Waals surface area contributed by atoms with Gasteiger partial charge in [-0.2, -0.15) is 0 Å². The van der Waals surface area contributed by atoms with Gasteiger partial charge in [0.25, 0.3) is 5.91 Å². The summed E-state index contributed by atoms with van der Waals surface area (Å²) in [6, 6.07) is 7.04. The van der Waals surface area contributed by atoms with Crippen LogP contribution in [0.2, 0.25) is 5.02 Å². The van der Waals surface area contributed by atoms with Crippen LogP contribution in [0.1, 0.15) is 12.8 Å². The fraction of sp³-hybridized carbons (Fsp3) is 0.421. The number of fused-ring (bicyclic) bond motifs is 1. The Hall–Kier alpha value is -2.34. The molecule has 1 aromatic heterocycles. The van der Waals surface area contributed by atoms with Crippen LogP contribution in [0.3, 0.4) is 0 Å². The Morgan fingerprint density at radius 3 is 2.81 bits per heavy atom. The number of carbonyl (C=O) groups excluding carboxylic acids is 1. The number of likely N-dealkylation sites (tertiary alicyclic amines) is 1. The van der Waals surface area contributed by atoms with Crippen molar-refractivity contribution in [1.82, 2.24) is 9.88 Å². The highest BCUT2D eigenvalue weighted by Gasteiger charge is 2.46. The molecule has 2 aliphatic rings. The minimum absolute atomic E-state index is 0.0643. The van der Waals surface area contributed by atoms with E-state index in [1.54, 1.807) is 29.3 Å². The molecule has 2 heterocycles. The van der Waals surface area contributed by atoms with Gasteiger partial charge in [-0.25, -0.2) is 0 Å². The van der Waals surface area contributed by atoms with E-state index >= 15 is 0 Å². The fourth-order valence-electron chi connectivity index (χ4n) is 3.76. The predicted octanol–water partition coefficient (Wildman–Crippen LogP) is 2.84. The van der Waals surface area contributed by atoms with Crippen LogP contribution in [0, 0.1) is 17.8 Å². The fourth-order valence-corrected chi connectivity index (χ4v) is 3.97. The van der Waals surface area contributed by atoms with Crippen LogP contribution >= 0.6 is 11.6 Å². The van der Waals surface area contributed by atoms with Gasteiger partial charge in [0.05, 0.1) is 10.9 Å². The third-order valence-corrected chi connectivity index (χ3v) is 5.62. The Morgan fingerprint density at radius 1 is 1.27 bits per heavy atom. The normalized spacial score (nSPS) is 22.6. The zero-order valence-corrected chi connectivity index (χ0v) is 14.9. The number of benzene rings is 1. The lowest BCUT2D eigenvalue weighted by Gasteiger charge is -2.17. The Bertz CT molecular complexity index is 868. The van der Waals surface area contributed by atoms with Crippen LogP contribution < -0.4 is 4.74 Å². The summed E-state index contributed by atoms with van der Waals surface area (Å²) in [5.41, 5.74) is 0.605. The molecule has 0 bridgehead atoms. The van der Waals surface area contributed by atoms with E-state index in [1.807, 2.05) is 6.07 Å². The molecule has 26 heavy (non-hydrogen) atoms. The second kappa shape index (κ2) is 6.76. The zero-order chi connectivity index (χ0) is 18.3. The van der Waals surface area contributed by atoms with Crippen molar-refractivity contribution >= 4 is 34.4 Å². The van der Waals surface area contributed by atoms with E-state index in [1.165, 1.54) is 0 Å². The molecule has 2 aromatic rings. The first kappa shape index (κ1) is 17.1. The molecule has 1 N–H and O–H groups in total. The predicted molar refractivity (Wildman–Crippen MR) is 96.2 cm³/mol. The molecule has 7 heteroatoms. The topological polar surface area (TPSA) is 79.7 Å². The van der Waals surface area contributed by atoms with E-state index in [2.05, 4.69) is 4.98 Å². The number of hydrogen-bond donors (Lipinski definition) is 1. The van der Waals surface area contributed by atoms with Gasteiger partial charge in [-0.05, 0) is 48.9 Å². The quantitative estimate of drug-likeness (QED) is 0.870. The molecule has 4 rings (SSSR count). The molecular weight excluding hydrogens is 356 g/mol. The zero-order valence-electron chi connectivity index (χ0n) is 14.1. The summed E-state index contributed by atoms with van der Waals surface area (Å²) < 4.78 is 5.70. The summed E-state index contributed by atoms with van der Waals surface area (Å²) in [6.07, 6.45) is 3.77. The van der Waals surface area contributed by atoms with Gasteiger partial charge in [-0.3, -0.25) is 14.6 Å². The molecule has 136 valence electrons. The maximum atomic E-state index is 12.5. The molecule has 2 atom stereocenters. The molecule has 0 radical (unpaired) electrons. The second-order valence-electron chi connectivity index (χ2n) is 6.98. The number of amides is 1. The number of nitrogens with zero attached hydrogens (tertiary/aromatic N) is 2. The highest BCUT2D eigenvalue weighted by Crippen LogP contribution is 2.44. The summed E-state index contributed by atoms with van der Waals surface area (Å²) in [7, 11) is 0. The summed E-state index contributed by atoms with van der Waals surface area (Å²) in [4.78, 5) is 29.9. The minimum Gasteiger partial charge on any atom is -0.481 e. The van der Waals surface area contributed by atoms with Crippen molar-refractivity contribution in [2.45, 2.75) is 12.8 Å². The lowest BCUT2D eigenvalue weighted by Crippen LogP contribution is -2.34. The number of aromatic nitrogens is 1. The first-order valence-electron chi connectivity index (χ1n) is 8.71. The Balaban J connectivity index is 1.45. The van der Waals surface area contributed by atoms with E-state index in [0.29, 0.717) is 28.8 Å². The number of carboxylic acid groups (broad SMARTS) is 1. The van der Waals surface area contributed by atoms with Crippen molar-refractivity contribution in [3.63, 3.8) is 0 Å². The number of carboxylic acids is 1. The smallest absolute Gasteiger partial charge is 0.308 e. The highest BCUT2D eigenvalue weighted by molar-refractivity contribution is 6.35. The number of aliphatic carboxylic acids is 1. The molecular formula is C19H19ClN2O4. The van der Waals surface area contributed by atoms with Gasteiger partial charge < -0.3 is 14.7 Å². The first-order valence-corrected chi connectivity index (χ1v) is 9.09. The number of hydrogen-bond acceptors (Lipinski definition) is 4. The van der Waals surface area contributed by atoms with Gasteiger partial charge in [0.1, 0.15) is 11.3 Å². The van der Waals surface area contributed by atoms with E-state index in [-0.39, 0.29) is 25.0 Å². The number of ether oxygens (including phenoxy) is 1. The SMILES string of the molecule is O=C(O)[C@H]1CN(C(=O)COc2ccc(Cl)c3cccnc23)C[C@@H]1C1CC1. The van der Waals surface area contributed by atoms with Crippen LogP contribution in [0.5, 0.6) is 5.75 Å². The van der Waals surface area contributed by atoms with Gasteiger partial charge >= 0.3 is 5.97 Å². The summed E-state index contributed by atoms with van der Waals surface area (Å²) >= 11 is 6.17. The van der Waals surface area contributed by atoms with Crippen molar-refractivity contribution in [3.8, 4) is 5.75 Å². The van der Waals surface area contributed by atoms with E-state index < -0.39 is 11.9 Å². The van der Waals surface area contributed by atoms with Crippen molar-refractivity contribution in [2.75, 3.05) is 19.7 Å². The lowest BCUT2D eigenvalue weighted by molar-refractivity contribution is -0.142. The third-order valence-electron chi connectivity index (χ3n) is 5.29. The molecule has 1 saturated heterocycles. The number of halogens is 1. The van der Waals surface area contributed by atoms with Gasteiger partial charge in [0.2, 0.25) is 0 Å². The molecule has 6 nitrogen and oxygen atoms in total. The minimum atomic E-state index is -0.814. The van der Waals surface area contributed by atoms with Crippen molar-refractivity contribution in [2.24, 2.45) is 17.8 Å². The van der Waals surface area contributed by atoms with E-state index in [9.17, 15) is 14.7 Å². The molecule has 1 saturated carbocycles. The lowest BCUT2D eigenvalue weighted by atomic mass is 9.92. The van der Waals surface area contributed by atoms with Crippen molar-refractivity contribution < 1.29 is 19.4 Å². The molecule has 1 amide bonds. The maximum Gasteiger partial charge on any atom is 0.308 e. The Labute approximate surface area is 155 Å². The largest absolute Gasteiger partial charge is 0.481 e. The first-order chi connectivity index (χ1) is 12.5. The van der Waals surface area contributed by atoms with E-state index in [4.69, 9.17) is 16.3 Å². The molecule has 1 aliphatic carbocycles. The Kier molecular flexibility index (Phi) is 4.44. The molecule has 0 unspecified atom stereocenters. The van der Waals surface area contributed by atoms with Crippen LogP contribution in [0.15, 0.2) is 30.5 Å². The van der Waals surface area contributed by atoms with Crippen LogP contribution in [-0.4, -0.2) is 46.6 Å². The van der Waals surface area contributed by atoms with Gasteiger partial charge in [0.15, 0.2) is 6.61 Å². The number of carbonyl (C=O) groups is 2. The van der Waals surface area contributed by atoms with Gasteiger partial charge in [0, 0.05) is 24.7 Å². The molecule has 2 fully saturated rings. The summed E-state index contributed by atoms with van der Waals surface area (Å²) in [5, 5.41) is 10.8. The maximum absolute atomic E-state index is 12.5. The van der Waals surface area contributed by atoms with Crippen LogP contribution in [0.25, 0.3) is 10.9 Å². The average Bonchev–Trinajstić information content (AvgIpc) is 3.39. The molecule has 1 aromatic carbocycles. The monoisotopic (exact) mass is 374 g/mol. The third kappa shape index (κ3) is 3.21. The average molecular weight is 375 g/mol. The summed E-state index contributed by atoms with van der Waals surface area (Å²) in [6.45, 7) is 0.624. The number of pyridine rings is 1. The molecule has 1 aliphatic heterocycles. The van der Waals surface area contributed by atoms with Gasteiger partial charge in [-0.15, -0.1) is 0 Å². The Morgan fingerprint density at radius 2 is 2.08 bits per heavy atom. The number of rotatable bonds is 5. The van der Waals surface area contributed by atoms with Gasteiger partial charge in [-0.1, -0.05) is 11.6 Å². The van der Waals surface area contributed by atoms with Crippen LogP contribution in [-0.2, 0) is 9.59 Å². The second-order valence-corrected chi connectivity index (χ2v) is 7.39. The van der Waals surface area contributed by atoms with Crippen LogP contribution in [0.4, 0.5) is 0 Å². The van der Waals surface area contributed by atoms with Crippen molar-refractivity contribution in [3.05, 3.63) is 35.5 Å². The highest BCUT2D eigenvalue weighted by atomic mass is 35.5. The van der Waals surface area contributed by atoms with E-state index in [0.717, 1.165) is 18.2 Å². The summed E-state index contributed by atoms with van der Waals surface area (Å²) in [5.74, 6) is -0.478. The van der Waals surface area contributed by atoms with Crippen molar-refractivity contribution in [1.29, 1.82) is 0 Å². The standard InChI is InChI=1S/C19H19ClN2O4/c20-15-5-6-16(18-12(15)2-1-7-21-18)26-10-17(23)22-8-13(11-3-4-11)14(9-22)19(24)25/h1-2,5-7,11,13-14H,3-4,8-10H2,(H,24,25)/t13-,14+/m1/s1.